The summed E-state index contributed by atoms with van der Waals surface area (Å²) in [5.41, 5.74) is 8.76. The van der Waals surface area contributed by atoms with Crippen molar-refractivity contribution in [3.63, 3.8) is 0 Å². The van der Waals surface area contributed by atoms with Gasteiger partial charge in [0.1, 0.15) is 29.2 Å². The maximum Gasteiger partial charge on any atom is 0.275 e. The Balaban J connectivity index is 1.83. The number of aliphatic imine (C=N–C) groups is 1. The molecule has 0 aliphatic carbocycles. The number of hydrogen-bond donors (Lipinski definition) is 2. The third kappa shape index (κ3) is 3.33. The number of aryl methyl sites for hydroxylation is 2. The SMILES string of the molecule is Cc1ccc2c(c1)[C@@H](C)Oc1nc(cnc1N)-c1c(nn(C)c1C#N)CC1=NC(=O)C(C)(CO)N12. The van der Waals surface area contributed by atoms with E-state index in [4.69, 9.17) is 10.5 Å². The quantitative estimate of drug-likeness (QED) is 0.539. The maximum absolute atomic E-state index is 13.1. The van der Waals surface area contributed by atoms with Gasteiger partial charge in [-0.1, -0.05) is 17.7 Å². The van der Waals surface area contributed by atoms with Crippen molar-refractivity contribution in [1.29, 1.82) is 5.26 Å². The largest absolute Gasteiger partial charge is 0.467 e. The van der Waals surface area contributed by atoms with Crippen LogP contribution in [0.25, 0.3) is 11.3 Å². The van der Waals surface area contributed by atoms with Crippen molar-refractivity contribution in [1.82, 2.24) is 19.7 Å². The fraction of sp³-hybridized carbons (Fsp3) is 0.333. The monoisotopic (exact) mass is 472 g/mol. The Morgan fingerprint density at radius 3 is 2.89 bits per heavy atom. The normalized spacial score (nSPS) is 21.0. The first kappa shape index (κ1) is 22.5. The van der Waals surface area contributed by atoms with Gasteiger partial charge in [-0.3, -0.25) is 9.48 Å². The van der Waals surface area contributed by atoms with Crippen molar-refractivity contribution in [3.8, 4) is 23.2 Å². The van der Waals surface area contributed by atoms with Crippen molar-refractivity contribution in [2.24, 2.45) is 12.0 Å². The fourth-order valence-corrected chi connectivity index (χ4v) is 4.60. The Morgan fingerprint density at radius 2 is 2.17 bits per heavy atom. The molecule has 1 unspecified atom stereocenters. The smallest absolute Gasteiger partial charge is 0.275 e. The second kappa shape index (κ2) is 7.89. The van der Waals surface area contributed by atoms with Gasteiger partial charge in [0, 0.05) is 12.6 Å². The number of ether oxygens (including phenoxy) is 1. The number of amidine groups is 1. The molecule has 2 aromatic heterocycles. The molecule has 3 aromatic rings. The molecule has 2 aliphatic heterocycles. The van der Waals surface area contributed by atoms with E-state index in [9.17, 15) is 15.2 Å². The summed E-state index contributed by atoms with van der Waals surface area (Å²) in [5, 5.41) is 24.7. The first-order valence-electron chi connectivity index (χ1n) is 11.1. The molecule has 2 bridgehead atoms. The minimum atomic E-state index is -1.32. The number of nitrogens with two attached hydrogens (primary N) is 1. The van der Waals surface area contributed by atoms with Crippen LogP contribution in [0.5, 0.6) is 5.88 Å². The van der Waals surface area contributed by atoms with Crippen LogP contribution in [0, 0.1) is 18.3 Å². The van der Waals surface area contributed by atoms with Gasteiger partial charge < -0.3 is 20.5 Å². The first-order chi connectivity index (χ1) is 16.7. The number of nitrogens with zero attached hydrogens (tertiary/aromatic N) is 7. The molecule has 11 nitrogen and oxygen atoms in total. The molecule has 0 spiro atoms. The van der Waals surface area contributed by atoms with E-state index in [1.54, 1.807) is 18.9 Å². The summed E-state index contributed by atoms with van der Waals surface area (Å²) < 4.78 is 7.64. The number of aromatic nitrogens is 4. The molecular weight excluding hydrogens is 448 g/mol. The molecule has 0 radical (unpaired) electrons. The van der Waals surface area contributed by atoms with Gasteiger partial charge in [-0.25, -0.2) is 9.97 Å². The summed E-state index contributed by atoms with van der Waals surface area (Å²) >= 11 is 0. The Bertz CT molecular complexity index is 1450. The zero-order valence-electron chi connectivity index (χ0n) is 19.8. The summed E-state index contributed by atoms with van der Waals surface area (Å²) in [7, 11) is 1.66. The van der Waals surface area contributed by atoms with Crippen molar-refractivity contribution >= 4 is 23.2 Å². The average molecular weight is 473 g/mol. The fourth-order valence-electron chi connectivity index (χ4n) is 4.60. The van der Waals surface area contributed by atoms with Crippen molar-refractivity contribution in [2.45, 2.75) is 38.8 Å². The van der Waals surface area contributed by atoms with Gasteiger partial charge in [0.05, 0.1) is 41.9 Å². The van der Waals surface area contributed by atoms with Gasteiger partial charge in [0.15, 0.2) is 5.82 Å². The Morgan fingerprint density at radius 1 is 1.40 bits per heavy atom. The van der Waals surface area contributed by atoms with Gasteiger partial charge >= 0.3 is 0 Å². The molecule has 0 saturated heterocycles. The molecule has 0 fully saturated rings. The number of carbonyl (C=O) groups excluding carboxylic acids is 1. The lowest BCUT2D eigenvalue weighted by molar-refractivity contribution is -0.122. The van der Waals surface area contributed by atoms with Crippen LogP contribution in [0.3, 0.4) is 0 Å². The number of hydrogen-bond acceptors (Lipinski definition) is 9. The van der Waals surface area contributed by atoms with E-state index in [2.05, 4.69) is 26.1 Å². The number of benzene rings is 1. The molecule has 4 heterocycles. The number of fused-ring (bicyclic) bond motifs is 7. The van der Waals surface area contributed by atoms with E-state index in [1.807, 2.05) is 32.0 Å². The van der Waals surface area contributed by atoms with Crippen LogP contribution in [0.2, 0.25) is 0 Å². The van der Waals surface area contributed by atoms with E-state index in [-0.39, 0.29) is 23.8 Å². The molecule has 2 aliphatic rings. The van der Waals surface area contributed by atoms with Crippen LogP contribution in [0.1, 0.15) is 42.5 Å². The van der Waals surface area contributed by atoms with E-state index in [0.717, 1.165) is 11.1 Å². The first-order valence-corrected chi connectivity index (χ1v) is 11.1. The molecule has 0 saturated carbocycles. The van der Waals surface area contributed by atoms with Crippen LogP contribution in [0.4, 0.5) is 11.5 Å². The number of anilines is 2. The van der Waals surface area contributed by atoms with Gasteiger partial charge in [-0.15, -0.1) is 0 Å². The van der Waals surface area contributed by atoms with E-state index in [0.29, 0.717) is 28.5 Å². The Hall–Kier alpha value is -4.30. The Labute approximate surface area is 201 Å². The molecule has 3 N–H and O–H groups in total. The molecular formula is C24H24N8O3. The average Bonchev–Trinajstić information content (AvgIpc) is 3.27. The number of amides is 1. The van der Waals surface area contributed by atoms with Gasteiger partial charge in [0.2, 0.25) is 0 Å². The highest BCUT2D eigenvalue weighted by Gasteiger charge is 2.48. The van der Waals surface area contributed by atoms with Crippen LogP contribution in [-0.2, 0) is 18.3 Å². The van der Waals surface area contributed by atoms with Gasteiger partial charge in [0.25, 0.3) is 11.8 Å². The molecule has 1 amide bonds. The molecule has 1 aromatic carbocycles. The van der Waals surface area contributed by atoms with E-state index < -0.39 is 24.2 Å². The molecule has 11 heteroatoms. The van der Waals surface area contributed by atoms with Crippen LogP contribution >= 0.6 is 0 Å². The summed E-state index contributed by atoms with van der Waals surface area (Å²) in [6.45, 7) is 5.01. The summed E-state index contributed by atoms with van der Waals surface area (Å²) in [4.78, 5) is 28.0. The minimum absolute atomic E-state index is 0.106. The van der Waals surface area contributed by atoms with E-state index in [1.165, 1.54) is 10.9 Å². The summed E-state index contributed by atoms with van der Waals surface area (Å²) in [5.74, 6) is 0.164. The highest BCUT2D eigenvalue weighted by molar-refractivity contribution is 6.17. The molecule has 35 heavy (non-hydrogen) atoms. The molecule has 178 valence electrons. The number of aliphatic hydroxyl groups is 1. The van der Waals surface area contributed by atoms with Crippen molar-refractivity contribution < 1.29 is 14.6 Å². The lowest BCUT2D eigenvalue weighted by Crippen LogP contribution is -2.53. The van der Waals surface area contributed by atoms with Crippen LogP contribution < -0.4 is 15.4 Å². The molecule has 5 rings (SSSR count). The van der Waals surface area contributed by atoms with Crippen LogP contribution in [-0.4, -0.2) is 48.7 Å². The number of carbonyl (C=O) groups is 1. The molecule has 2 atom stereocenters. The lowest BCUT2D eigenvalue weighted by Gasteiger charge is -2.36. The predicted molar refractivity (Wildman–Crippen MR) is 128 cm³/mol. The third-order valence-corrected chi connectivity index (χ3v) is 6.48. The third-order valence-electron chi connectivity index (χ3n) is 6.48. The predicted octanol–water partition coefficient (Wildman–Crippen LogP) is 1.83. The number of nitrogen functional groups attached to an aromatic ring is 1. The van der Waals surface area contributed by atoms with E-state index >= 15 is 0 Å². The van der Waals surface area contributed by atoms with Gasteiger partial charge in [-0.05, 0) is 26.8 Å². The Kier molecular flexibility index (Phi) is 5.07. The van der Waals surface area contributed by atoms with Crippen molar-refractivity contribution in [2.75, 3.05) is 17.2 Å². The minimum Gasteiger partial charge on any atom is -0.467 e. The number of nitriles is 1. The maximum atomic E-state index is 13.1. The number of aliphatic hydroxyl groups excluding tert-OH is 1. The number of rotatable bonds is 1. The second-order valence-corrected chi connectivity index (χ2v) is 8.95. The summed E-state index contributed by atoms with van der Waals surface area (Å²) in [6, 6.07) is 7.92. The zero-order valence-corrected chi connectivity index (χ0v) is 19.8. The highest BCUT2D eigenvalue weighted by atomic mass is 16.5. The lowest BCUT2D eigenvalue weighted by atomic mass is 9.96. The zero-order chi connectivity index (χ0) is 25.1. The highest BCUT2D eigenvalue weighted by Crippen LogP contribution is 2.40. The van der Waals surface area contributed by atoms with Gasteiger partial charge in [-0.2, -0.15) is 15.4 Å². The summed E-state index contributed by atoms with van der Waals surface area (Å²) in [6.07, 6.45) is 1.05. The van der Waals surface area contributed by atoms with Crippen LogP contribution in [0.15, 0.2) is 29.4 Å². The second-order valence-electron chi connectivity index (χ2n) is 8.95. The van der Waals surface area contributed by atoms with Crippen molar-refractivity contribution in [3.05, 3.63) is 46.9 Å². The standard InChI is InChI=1S/C24H24N8O3/c1-12-5-6-17-14(7-12)13(2)35-22-21(26)27-10-16(28-22)20-15(30-31(4)18(20)9-25)8-19-29-23(34)24(3,11-33)32(17)19/h5-7,10,13,33H,8,11H2,1-4H3,(H2,26,27)/t13-,24?/m1/s1. The topological polar surface area (TPSA) is 156 Å².